The number of nitrogens with one attached hydrogen (secondary N) is 1. The number of para-hydroxylation sites is 1. The first-order valence-corrected chi connectivity index (χ1v) is 14.9. The zero-order valence-corrected chi connectivity index (χ0v) is 23.4. The summed E-state index contributed by atoms with van der Waals surface area (Å²) in [7, 11) is 0. The van der Waals surface area contributed by atoms with Crippen LogP contribution >= 0.6 is 0 Å². The van der Waals surface area contributed by atoms with Crippen LogP contribution < -0.4 is 0 Å². The first kappa shape index (κ1) is 23.0. The number of rotatable bonds is 2. The van der Waals surface area contributed by atoms with E-state index in [4.69, 9.17) is 0 Å². The van der Waals surface area contributed by atoms with E-state index in [1.807, 2.05) is 0 Å². The van der Waals surface area contributed by atoms with Gasteiger partial charge in [0.15, 0.2) is 0 Å². The molecule has 0 atom stereocenters. The standard InChI is InChI=1S/C42H25N/c1-2-10-25(11-3-1)39-33-20-26-12-4-6-14-28(26)22-35(33)42-40(34-21-27-13-5-7-15-29(27)23-36(34)41(39)42)30-18-19-38-32(24-30)31-16-8-9-17-37(31)43-38/h1-24,43H. The third kappa shape index (κ3) is 3.17. The Morgan fingerprint density at radius 2 is 0.767 bits per heavy atom. The van der Waals surface area contributed by atoms with Gasteiger partial charge in [-0.25, -0.2) is 0 Å². The quantitative estimate of drug-likeness (QED) is 0.223. The van der Waals surface area contributed by atoms with Crippen molar-refractivity contribution in [3.05, 3.63) is 179 Å². The molecule has 0 aliphatic heterocycles. The van der Waals surface area contributed by atoms with E-state index in [1.54, 1.807) is 0 Å². The van der Waals surface area contributed by atoms with Crippen LogP contribution in [0.25, 0.3) is 65.6 Å². The fraction of sp³-hybridized carbons (Fsp3) is 0. The smallest absolute Gasteiger partial charge is 0.0465 e. The minimum Gasteiger partial charge on any atom is -0.355 e. The molecule has 43 heavy (non-hydrogen) atoms. The predicted molar refractivity (Wildman–Crippen MR) is 182 cm³/mol. The van der Waals surface area contributed by atoms with Crippen molar-refractivity contribution < 1.29 is 0 Å². The summed E-state index contributed by atoms with van der Waals surface area (Å²) in [5.74, 6) is 0. The van der Waals surface area contributed by atoms with Crippen molar-refractivity contribution in [2.24, 2.45) is 0 Å². The van der Waals surface area contributed by atoms with Crippen molar-refractivity contribution in [1.82, 2.24) is 4.98 Å². The third-order valence-electron chi connectivity index (χ3n) is 9.46. The monoisotopic (exact) mass is 543 g/mol. The molecule has 1 heteroatoms. The van der Waals surface area contributed by atoms with Crippen molar-refractivity contribution in [3.8, 4) is 0 Å². The average Bonchev–Trinajstić information content (AvgIpc) is 3.70. The maximum Gasteiger partial charge on any atom is 0.0465 e. The molecule has 0 bridgehead atoms. The first-order chi connectivity index (χ1) is 21.3. The van der Waals surface area contributed by atoms with Gasteiger partial charge in [0.05, 0.1) is 0 Å². The van der Waals surface area contributed by atoms with Crippen molar-refractivity contribution in [1.29, 1.82) is 0 Å². The Morgan fingerprint density at radius 3 is 1.37 bits per heavy atom. The summed E-state index contributed by atoms with van der Waals surface area (Å²) in [6.45, 7) is 0. The Balaban J connectivity index is 1.38. The average molecular weight is 544 g/mol. The molecule has 0 unspecified atom stereocenters. The molecule has 0 amide bonds. The van der Waals surface area contributed by atoms with Crippen molar-refractivity contribution in [2.75, 3.05) is 0 Å². The number of benzene rings is 7. The van der Waals surface area contributed by atoms with Gasteiger partial charge in [-0.2, -0.15) is 0 Å². The van der Waals surface area contributed by atoms with Crippen LogP contribution in [0.4, 0.5) is 0 Å². The molecule has 0 saturated heterocycles. The topological polar surface area (TPSA) is 15.8 Å². The minimum atomic E-state index is 1.17. The molecule has 1 aromatic heterocycles. The molecular weight excluding hydrogens is 518 g/mol. The number of hydrogen-bond donors (Lipinski definition) is 1. The molecule has 0 saturated carbocycles. The molecule has 10 rings (SSSR count). The van der Waals surface area contributed by atoms with E-state index in [0.29, 0.717) is 0 Å². The van der Waals surface area contributed by atoms with Gasteiger partial charge in [-0.05, 0) is 120 Å². The molecule has 8 aromatic rings. The summed E-state index contributed by atoms with van der Waals surface area (Å²) in [5.41, 5.74) is 15.5. The zero-order chi connectivity index (χ0) is 28.1. The van der Waals surface area contributed by atoms with Gasteiger partial charge in [-0.15, -0.1) is 0 Å². The maximum atomic E-state index is 3.62. The molecule has 198 valence electrons. The van der Waals surface area contributed by atoms with E-state index in [0.717, 1.165) is 0 Å². The van der Waals surface area contributed by atoms with Crippen LogP contribution in [0.3, 0.4) is 0 Å². The maximum absolute atomic E-state index is 3.62. The second-order valence-electron chi connectivity index (χ2n) is 11.8. The second kappa shape index (κ2) is 8.44. The molecule has 0 radical (unpaired) electrons. The normalized spacial score (nSPS) is 13.9. The lowest BCUT2D eigenvalue weighted by molar-refractivity contribution is 1.53. The number of hydrogen-bond acceptors (Lipinski definition) is 0. The SMILES string of the molecule is c1ccc(C2=C3C(=C(c4ccc5[nH]c6ccccc6c5c4)c4cc5ccccc5cc43)c3cc4ccccc4cc32)cc1. The van der Waals surface area contributed by atoms with Crippen LogP contribution in [0.1, 0.15) is 33.4 Å². The van der Waals surface area contributed by atoms with Crippen LogP contribution in [0.15, 0.2) is 146 Å². The van der Waals surface area contributed by atoms with Crippen molar-refractivity contribution in [3.63, 3.8) is 0 Å². The summed E-state index contributed by atoms with van der Waals surface area (Å²) >= 11 is 0. The molecule has 1 heterocycles. The van der Waals surface area contributed by atoms with Crippen LogP contribution in [0, 0.1) is 0 Å². The van der Waals surface area contributed by atoms with E-state index < -0.39 is 0 Å². The van der Waals surface area contributed by atoms with E-state index in [1.165, 1.54) is 99.0 Å². The fourth-order valence-electron chi connectivity index (χ4n) is 7.57. The molecular formula is C42H25N. The molecule has 1 N–H and O–H groups in total. The lowest BCUT2D eigenvalue weighted by Gasteiger charge is -2.14. The third-order valence-corrected chi connectivity index (χ3v) is 9.46. The Bertz CT molecular complexity index is 2540. The van der Waals surface area contributed by atoms with Gasteiger partial charge in [0.1, 0.15) is 0 Å². The number of H-pyrrole nitrogens is 1. The van der Waals surface area contributed by atoms with Crippen molar-refractivity contribution in [2.45, 2.75) is 0 Å². The highest BCUT2D eigenvalue weighted by Crippen LogP contribution is 2.59. The molecule has 7 aromatic carbocycles. The van der Waals surface area contributed by atoms with Crippen molar-refractivity contribution >= 4 is 65.6 Å². The van der Waals surface area contributed by atoms with Gasteiger partial charge >= 0.3 is 0 Å². The van der Waals surface area contributed by atoms with Gasteiger partial charge in [0.25, 0.3) is 0 Å². The second-order valence-corrected chi connectivity index (χ2v) is 11.8. The van der Waals surface area contributed by atoms with Crippen LogP contribution in [0.5, 0.6) is 0 Å². The Morgan fingerprint density at radius 1 is 0.302 bits per heavy atom. The van der Waals surface area contributed by atoms with Crippen LogP contribution in [-0.4, -0.2) is 4.98 Å². The fourth-order valence-corrected chi connectivity index (χ4v) is 7.57. The van der Waals surface area contributed by atoms with Gasteiger partial charge in [-0.1, -0.05) is 103 Å². The number of fused-ring (bicyclic) bond motifs is 10. The predicted octanol–water partition coefficient (Wildman–Crippen LogP) is 10.9. The number of aromatic amines is 1. The van der Waals surface area contributed by atoms with Gasteiger partial charge < -0.3 is 4.98 Å². The van der Waals surface area contributed by atoms with E-state index in [-0.39, 0.29) is 0 Å². The summed E-state index contributed by atoms with van der Waals surface area (Å²) in [6.07, 6.45) is 0. The van der Waals surface area contributed by atoms with Gasteiger partial charge in [0, 0.05) is 21.8 Å². The Hall–Kier alpha value is -5.66. The number of aromatic nitrogens is 1. The zero-order valence-electron chi connectivity index (χ0n) is 23.4. The van der Waals surface area contributed by atoms with Crippen LogP contribution in [-0.2, 0) is 0 Å². The summed E-state index contributed by atoms with van der Waals surface area (Å²) < 4.78 is 0. The molecule has 0 fully saturated rings. The highest BCUT2D eigenvalue weighted by atomic mass is 14.7. The lowest BCUT2D eigenvalue weighted by atomic mass is 9.89. The molecule has 2 aliphatic rings. The van der Waals surface area contributed by atoms with E-state index in [9.17, 15) is 0 Å². The highest BCUT2D eigenvalue weighted by Gasteiger charge is 2.38. The molecule has 1 nitrogen and oxygen atoms in total. The summed E-state index contributed by atoms with van der Waals surface area (Å²) in [5, 5.41) is 7.62. The van der Waals surface area contributed by atoms with Gasteiger partial charge in [-0.3, -0.25) is 0 Å². The van der Waals surface area contributed by atoms with E-state index in [2.05, 4.69) is 151 Å². The van der Waals surface area contributed by atoms with Gasteiger partial charge in [0.2, 0.25) is 0 Å². The largest absolute Gasteiger partial charge is 0.355 e. The lowest BCUT2D eigenvalue weighted by Crippen LogP contribution is -1.93. The molecule has 0 spiro atoms. The Labute approximate surface area is 249 Å². The van der Waals surface area contributed by atoms with E-state index >= 15 is 0 Å². The summed E-state index contributed by atoms with van der Waals surface area (Å²) in [6, 6.07) is 53.8. The highest BCUT2D eigenvalue weighted by molar-refractivity contribution is 6.36. The Kier molecular flexibility index (Phi) is 4.51. The minimum absolute atomic E-state index is 1.17. The number of allylic oxidation sites excluding steroid dienone is 2. The molecule has 2 aliphatic carbocycles. The summed E-state index contributed by atoms with van der Waals surface area (Å²) in [4.78, 5) is 3.62. The van der Waals surface area contributed by atoms with Crippen LogP contribution in [0.2, 0.25) is 0 Å². The first-order valence-electron chi connectivity index (χ1n) is 14.9.